The second-order valence-electron chi connectivity index (χ2n) is 6.89. The molecular weight excluding hydrogens is 283 g/mol. The van der Waals surface area contributed by atoms with Crippen molar-refractivity contribution in [2.45, 2.75) is 51.9 Å². The highest BCUT2D eigenvalue weighted by atomic mass is 16.7. The minimum Gasteiger partial charge on any atom is -0.508 e. The van der Waals surface area contributed by atoms with Crippen LogP contribution < -0.4 is 10.2 Å². The molecule has 120 valence electrons. The first kappa shape index (κ1) is 15.7. The fourth-order valence-corrected chi connectivity index (χ4v) is 2.89. The molecule has 0 amide bonds. The molecule has 6 heteroatoms. The Bertz CT molecular complexity index is 581. The highest BCUT2D eigenvalue weighted by Gasteiger charge is 2.53. The van der Waals surface area contributed by atoms with E-state index in [-0.39, 0.29) is 5.75 Å². The van der Waals surface area contributed by atoms with E-state index in [2.05, 4.69) is 0 Å². The third-order valence-corrected chi connectivity index (χ3v) is 4.89. The molecule has 0 radical (unpaired) electrons. The van der Waals surface area contributed by atoms with Gasteiger partial charge in [0.2, 0.25) is 0 Å². The van der Waals surface area contributed by atoms with E-state index in [0.29, 0.717) is 25.1 Å². The zero-order chi connectivity index (χ0) is 16.1. The first-order chi connectivity index (χ1) is 10.3. The fourth-order valence-electron chi connectivity index (χ4n) is 2.89. The highest BCUT2D eigenvalue weighted by Crippen LogP contribution is 2.40. The van der Waals surface area contributed by atoms with Crippen LogP contribution in [0, 0.1) is 0 Å². The highest BCUT2D eigenvalue weighted by molar-refractivity contribution is 6.63. The molecule has 2 aliphatic heterocycles. The largest absolute Gasteiger partial charge is 0.508 e. The maximum absolute atomic E-state index is 10.7. The van der Waals surface area contributed by atoms with Crippen LogP contribution in [0.25, 0.3) is 0 Å². The maximum Gasteiger partial charge on any atom is 0.499 e. The summed E-state index contributed by atoms with van der Waals surface area (Å²) < 4.78 is 23.0. The van der Waals surface area contributed by atoms with Crippen LogP contribution in [0.4, 0.5) is 0 Å². The third-order valence-electron chi connectivity index (χ3n) is 4.89. The number of phenolic OH excluding ortho intramolecular Hbond substituents is 1. The van der Waals surface area contributed by atoms with E-state index in [1.807, 2.05) is 33.8 Å². The Morgan fingerprint density at radius 3 is 2.45 bits per heavy atom. The summed E-state index contributed by atoms with van der Waals surface area (Å²) in [7, 11) is 1.01. The summed E-state index contributed by atoms with van der Waals surface area (Å²) in [6, 6.07) is 1.92. The van der Waals surface area contributed by atoms with Gasteiger partial charge >= 0.3 is 7.12 Å². The molecular formula is C16H23BO5. The molecule has 2 heterocycles. The van der Waals surface area contributed by atoms with Gasteiger partial charge in [-0.15, -0.1) is 0 Å². The Morgan fingerprint density at radius 1 is 1.23 bits per heavy atom. The Hall–Kier alpha value is -1.24. The summed E-state index contributed by atoms with van der Waals surface area (Å²) in [5, 5.41) is 10.7. The lowest BCUT2D eigenvalue weighted by molar-refractivity contribution is 0.00578. The summed E-state index contributed by atoms with van der Waals surface area (Å²) in [6.07, 6.45) is 0.695. The van der Waals surface area contributed by atoms with Crippen molar-refractivity contribution in [3.63, 3.8) is 0 Å². The van der Waals surface area contributed by atoms with E-state index < -0.39 is 18.3 Å². The molecule has 2 aliphatic rings. The van der Waals surface area contributed by atoms with E-state index >= 15 is 0 Å². The van der Waals surface area contributed by atoms with Crippen molar-refractivity contribution < 1.29 is 23.9 Å². The average molecular weight is 306 g/mol. The van der Waals surface area contributed by atoms with E-state index in [1.165, 1.54) is 0 Å². The molecule has 5 nitrogen and oxygen atoms in total. The Balaban J connectivity index is 2.07. The first-order valence-electron chi connectivity index (χ1n) is 7.62. The van der Waals surface area contributed by atoms with Crippen molar-refractivity contribution >= 4 is 12.6 Å². The second kappa shape index (κ2) is 5.15. The predicted molar refractivity (Wildman–Crippen MR) is 83.7 cm³/mol. The van der Waals surface area contributed by atoms with E-state index in [9.17, 15) is 5.11 Å². The molecule has 0 aromatic heterocycles. The lowest BCUT2D eigenvalue weighted by Crippen LogP contribution is -2.41. The Kier molecular flexibility index (Phi) is 3.66. The Morgan fingerprint density at radius 2 is 1.86 bits per heavy atom. The molecule has 1 saturated heterocycles. The van der Waals surface area contributed by atoms with Crippen LogP contribution in [0.1, 0.15) is 38.8 Å². The normalized spacial score (nSPS) is 21.8. The van der Waals surface area contributed by atoms with Crippen LogP contribution >= 0.6 is 0 Å². The molecule has 0 spiro atoms. The fraction of sp³-hybridized carbons (Fsp3) is 0.625. The third kappa shape index (κ3) is 2.30. The van der Waals surface area contributed by atoms with Gasteiger partial charge in [0.15, 0.2) is 0 Å². The van der Waals surface area contributed by atoms with Crippen molar-refractivity contribution in [3.8, 4) is 11.5 Å². The topological polar surface area (TPSA) is 57.2 Å². The van der Waals surface area contributed by atoms with E-state index in [4.69, 9.17) is 18.8 Å². The van der Waals surface area contributed by atoms with Crippen molar-refractivity contribution in [3.05, 3.63) is 17.2 Å². The Labute approximate surface area is 131 Å². The molecule has 0 saturated carbocycles. The van der Waals surface area contributed by atoms with Gasteiger partial charge in [0.25, 0.3) is 0 Å². The summed E-state index contributed by atoms with van der Waals surface area (Å²) >= 11 is 0. The number of benzene rings is 1. The molecule has 0 bridgehead atoms. The number of ether oxygens (including phenoxy) is 2. The van der Waals surface area contributed by atoms with Crippen LogP contribution in [0.2, 0.25) is 0 Å². The van der Waals surface area contributed by atoms with Gasteiger partial charge in [-0.25, -0.2) is 0 Å². The SMILES string of the molecule is COCc1cc2c(c(O)c1B1OC(C)(C)C(C)(C)O1)CCO2. The van der Waals surface area contributed by atoms with Crippen LogP contribution in [0.3, 0.4) is 0 Å². The van der Waals surface area contributed by atoms with Crippen LogP contribution in [0.5, 0.6) is 11.5 Å². The number of methoxy groups -OCH3 is 1. The van der Waals surface area contributed by atoms with Gasteiger partial charge < -0.3 is 23.9 Å². The van der Waals surface area contributed by atoms with Gasteiger partial charge in [-0.05, 0) is 39.3 Å². The molecule has 0 unspecified atom stereocenters. The summed E-state index contributed by atoms with van der Waals surface area (Å²) in [5.41, 5.74) is 1.40. The van der Waals surface area contributed by atoms with Gasteiger partial charge in [0.1, 0.15) is 11.5 Å². The average Bonchev–Trinajstić information content (AvgIpc) is 2.93. The van der Waals surface area contributed by atoms with Gasteiger partial charge in [-0.3, -0.25) is 0 Å². The van der Waals surface area contributed by atoms with Crippen LogP contribution in [-0.4, -0.2) is 37.1 Å². The van der Waals surface area contributed by atoms with Gasteiger partial charge in [-0.1, -0.05) is 0 Å². The van der Waals surface area contributed by atoms with Crippen LogP contribution in [-0.2, 0) is 27.1 Å². The minimum atomic E-state index is -0.610. The number of hydrogen-bond acceptors (Lipinski definition) is 5. The lowest BCUT2D eigenvalue weighted by Gasteiger charge is -2.32. The minimum absolute atomic E-state index is 0.209. The molecule has 3 rings (SSSR count). The van der Waals surface area contributed by atoms with Gasteiger partial charge in [-0.2, -0.15) is 0 Å². The summed E-state index contributed by atoms with van der Waals surface area (Å²) in [6.45, 7) is 8.94. The lowest BCUT2D eigenvalue weighted by atomic mass is 9.74. The summed E-state index contributed by atoms with van der Waals surface area (Å²) in [4.78, 5) is 0. The molecule has 0 aliphatic carbocycles. The van der Waals surface area contributed by atoms with Gasteiger partial charge in [0.05, 0.1) is 24.4 Å². The van der Waals surface area contributed by atoms with Crippen molar-refractivity contribution in [1.82, 2.24) is 0 Å². The molecule has 1 N–H and O–H groups in total. The molecule has 22 heavy (non-hydrogen) atoms. The monoisotopic (exact) mass is 306 g/mol. The quantitative estimate of drug-likeness (QED) is 0.863. The molecule has 0 atom stereocenters. The molecule has 1 fully saturated rings. The number of hydrogen-bond donors (Lipinski definition) is 1. The number of rotatable bonds is 3. The van der Waals surface area contributed by atoms with E-state index in [1.54, 1.807) is 7.11 Å². The van der Waals surface area contributed by atoms with Crippen molar-refractivity contribution in [1.29, 1.82) is 0 Å². The van der Waals surface area contributed by atoms with Crippen LogP contribution in [0.15, 0.2) is 6.07 Å². The number of phenols is 1. The standard InChI is InChI=1S/C16H23BO5/c1-15(2)16(3,4)22-17(21-15)13-10(9-19-5)8-12-11(14(13)18)6-7-20-12/h8,18H,6-7,9H2,1-5H3. The van der Waals surface area contributed by atoms with E-state index in [0.717, 1.165) is 16.9 Å². The number of fused-ring (bicyclic) bond motifs is 1. The van der Waals surface area contributed by atoms with Crippen molar-refractivity contribution in [2.75, 3.05) is 13.7 Å². The van der Waals surface area contributed by atoms with Crippen molar-refractivity contribution in [2.24, 2.45) is 0 Å². The number of aromatic hydroxyl groups is 1. The predicted octanol–water partition coefficient (Wildman–Crippen LogP) is 1.77. The summed E-state index contributed by atoms with van der Waals surface area (Å²) in [5.74, 6) is 0.936. The maximum atomic E-state index is 10.7. The first-order valence-corrected chi connectivity index (χ1v) is 7.62. The molecule has 1 aromatic rings. The smallest absolute Gasteiger partial charge is 0.499 e. The zero-order valence-corrected chi connectivity index (χ0v) is 13.9. The zero-order valence-electron chi connectivity index (χ0n) is 13.9. The van der Waals surface area contributed by atoms with Gasteiger partial charge in [0, 0.05) is 24.6 Å². The molecule has 1 aromatic carbocycles. The second-order valence-corrected chi connectivity index (χ2v) is 6.89.